The average Bonchev–Trinajstić information content (AvgIpc) is 3.34. The minimum absolute atomic E-state index is 0.0194. The van der Waals surface area contributed by atoms with Crippen molar-refractivity contribution in [3.63, 3.8) is 0 Å². The molecule has 8 nitrogen and oxygen atoms in total. The van der Waals surface area contributed by atoms with Crippen LogP contribution in [0, 0.1) is 0 Å². The fourth-order valence-electron chi connectivity index (χ4n) is 3.27. The summed E-state index contributed by atoms with van der Waals surface area (Å²) >= 11 is 1.74. The predicted molar refractivity (Wildman–Crippen MR) is 106 cm³/mol. The third-order valence-electron chi connectivity index (χ3n) is 4.75. The van der Waals surface area contributed by atoms with Crippen molar-refractivity contribution in [2.24, 2.45) is 7.05 Å². The van der Waals surface area contributed by atoms with Gasteiger partial charge in [0.1, 0.15) is 0 Å². The van der Waals surface area contributed by atoms with Crippen LogP contribution in [0.1, 0.15) is 23.3 Å². The molecule has 28 heavy (non-hydrogen) atoms. The molecule has 0 radical (unpaired) electrons. The quantitative estimate of drug-likeness (QED) is 0.714. The molecule has 2 amide bonds. The van der Waals surface area contributed by atoms with Gasteiger partial charge < -0.3 is 10.2 Å². The lowest BCUT2D eigenvalue weighted by Crippen LogP contribution is -2.35. The van der Waals surface area contributed by atoms with Crippen LogP contribution in [0.25, 0.3) is 11.4 Å². The highest BCUT2D eigenvalue weighted by Crippen LogP contribution is 2.24. The number of aryl methyl sites for hydroxylation is 1. The van der Waals surface area contributed by atoms with Gasteiger partial charge in [0.2, 0.25) is 11.8 Å². The van der Waals surface area contributed by atoms with Crippen LogP contribution in [0.5, 0.6) is 0 Å². The van der Waals surface area contributed by atoms with Gasteiger partial charge in [-0.15, -0.1) is 16.4 Å². The number of carbonyl (C=O) groups excluding carboxylic acids is 2. The van der Waals surface area contributed by atoms with Crippen LogP contribution >= 0.6 is 11.3 Å². The maximum atomic E-state index is 12.5. The number of benzene rings is 1. The number of amides is 2. The van der Waals surface area contributed by atoms with E-state index in [-0.39, 0.29) is 24.7 Å². The molecule has 0 bridgehead atoms. The van der Waals surface area contributed by atoms with Crippen molar-refractivity contribution in [3.8, 4) is 11.4 Å². The second-order valence-corrected chi connectivity index (χ2v) is 7.69. The van der Waals surface area contributed by atoms with Gasteiger partial charge in [-0.25, -0.2) is 4.68 Å². The van der Waals surface area contributed by atoms with Gasteiger partial charge in [-0.1, -0.05) is 12.1 Å². The van der Waals surface area contributed by atoms with Crippen molar-refractivity contribution in [2.75, 3.05) is 11.9 Å². The molecular weight excluding hydrogens is 376 g/mol. The van der Waals surface area contributed by atoms with Crippen LogP contribution in [0.2, 0.25) is 0 Å². The molecule has 0 aliphatic carbocycles. The summed E-state index contributed by atoms with van der Waals surface area (Å²) in [4.78, 5) is 28.0. The van der Waals surface area contributed by atoms with E-state index < -0.39 is 0 Å². The lowest BCUT2D eigenvalue weighted by molar-refractivity contribution is -0.133. The van der Waals surface area contributed by atoms with Crippen LogP contribution < -0.4 is 5.32 Å². The molecule has 144 valence electrons. The first kappa shape index (κ1) is 18.3. The maximum Gasteiger partial charge on any atom is 0.224 e. The Morgan fingerprint density at radius 2 is 2.14 bits per heavy atom. The Kier molecular flexibility index (Phi) is 5.16. The molecule has 4 rings (SSSR count). The molecular formula is C19H20N6O2S. The molecule has 1 aliphatic rings. The third kappa shape index (κ3) is 3.94. The first-order valence-corrected chi connectivity index (χ1v) is 9.94. The standard InChI is InChI=1S/C19H20N6O2S/c1-24-19(21-22-23-24)13-3-2-4-15(11-13)20-17(26)5-6-18(27)25-9-7-16-14(12-25)8-10-28-16/h2-4,8,10-11H,5-7,9,12H2,1H3,(H,20,26). The van der Waals surface area contributed by atoms with Crippen LogP contribution in [0.3, 0.4) is 0 Å². The van der Waals surface area contributed by atoms with Gasteiger partial charge in [0.25, 0.3) is 0 Å². The molecule has 0 saturated carbocycles. The number of fused-ring (bicyclic) bond motifs is 1. The first-order valence-electron chi connectivity index (χ1n) is 9.06. The van der Waals surface area contributed by atoms with Gasteiger partial charge in [0.05, 0.1) is 0 Å². The number of rotatable bonds is 5. The van der Waals surface area contributed by atoms with Crippen LogP contribution in [0.4, 0.5) is 5.69 Å². The fraction of sp³-hybridized carbons (Fsp3) is 0.316. The highest BCUT2D eigenvalue weighted by atomic mass is 32.1. The number of hydrogen-bond donors (Lipinski definition) is 1. The van der Waals surface area contributed by atoms with E-state index in [2.05, 4.69) is 32.3 Å². The Balaban J connectivity index is 1.31. The van der Waals surface area contributed by atoms with E-state index >= 15 is 0 Å². The fourth-order valence-corrected chi connectivity index (χ4v) is 4.16. The minimum Gasteiger partial charge on any atom is -0.338 e. The summed E-state index contributed by atoms with van der Waals surface area (Å²) in [5.41, 5.74) is 2.68. The topological polar surface area (TPSA) is 93.0 Å². The highest BCUT2D eigenvalue weighted by Gasteiger charge is 2.21. The molecule has 0 unspecified atom stereocenters. The zero-order valence-electron chi connectivity index (χ0n) is 15.5. The van der Waals surface area contributed by atoms with Crippen molar-refractivity contribution in [2.45, 2.75) is 25.8 Å². The van der Waals surface area contributed by atoms with Crippen molar-refractivity contribution >= 4 is 28.8 Å². The molecule has 3 heterocycles. The van der Waals surface area contributed by atoms with E-state index in [9.17, 15) is 9.59 Å². The first-order chi connectivity index (χ1) is 13.6. The number of hydrogen-bond acceptors (Lipinski definition) is 6. The average molecular weight is 396 g/mol. The molecule has 0 saturated heterocycles. The van der Waals surface area contributed by atoms with E-state index in [0.717, 1.165) is 18.5 Å². The number of aromatic nitrogens is 4. The summed E-state index contributed by atoms with van der Waals surface area (Å²) in [6.45, 7) is 1.37. The van der Waals surface area contributed by atoms with Gasteiger partial charge in [-0.2, -0.15) is 0 Å². The zero-order valence-corrected chi connectivity index (χ0v) is 16.3. The SMILES string of the molecule is Cn1nnnc1-c1cccc(NC(=O)CCC(=O)N2CCc3sccc3C2)c1. The molecule has 9 heteroatoms. The number of anilines is 1. The molecule has 1 aliphatic heterocycles. The monoisotopic (exact) mass is 396 g/mol. The van der Waals surface area contributed by atoms with Crippen LogP contribution in [-0.2, 0) is 29.6 Å². The second kappa shape index (κ2) is 7.89. The third-order valence-corrected chi connectivity index (χ3v) is 5.77. The summed E-state index contributed by atoms with van der Waals surface area (Å²) in [6, 6.07) is 9.40. The maximum absolute atomic E-state index is 12.5. The Hall–Kier alpha value is -3.07. The Labute approximate surface area is 166 Å². The van der Waals surface area contributed by atoms with Gasteiger partial charge >= 0.3 is 0 Å². The molecule has 0 atom stereocenters. The van der Waals surface area contributed by atoms with E-state index in [4.69, 9.17) is 0 Å². The predicted octanol–water partition coefficient (Wildman–Crippen LogP) is 2.24. The minimum atomic E-state index is -0.185. The summed E-state index contributed by atoms with van der Waals surface area (Å²) < 4.78 is 1.57. The van der Waals surface area contributed by atoms with E-state index in [1.54, 1.807) is 29.1 Å². The summed E-state index contributed by atoms with van der Waals surface area (Å²) in [5.74, 6) is 0.449. The van der Waals surface area contributed by atoms with Crippen molar-refractivity contribution in [1.82, 2.24) is 25.1 Å². The van der Waals surface area contributed by atoms with Crippen LogP contribution in [-0.4, -0.2) is 43.5 Å². The molecule has 0 fully saturated rings. The van der Waals surface area contributed by atoms with E-state index in [0.29, 0.717) is 18.1 Å². The van der Waals surface area contributed by atoms with Crippen molar-refractivity contribution in [1.29, 1.82) is 0 Å². The van der Waals surface area contributed by atoms with Crippen molar-refractivity contribution in [3.05, 3.63) is 46.2 Å². The lowest BCUT2D eigenvalue weighted by Gasteiger charge is -2.27. The zero-order chi connectivity index (χ0) is 19.5. The largest absolute Gasteiger partial charge is 0.338 e. The van der Waals surface area contributed by atoms with E-state index in [1.807, 2.05) is 23.1 Å². The summed E-state index contributed by atoms with van der Waals surface area (Å²) in [5, 5.41) is 16.3. The van der Waals surface area contributed by atoms with E-state index in [1.165, 1.54) is 10.4 Å². The lowest BCUT2D eigenvalue weighted by atomic mass is 10.1. The summed E-state index contributed by atoms with van der Waals surface area (Å²) in [6.07, 6.45) is 1.26. The number of carbonyl (C=O) groups is 2. The number of thiophene rings is 1. The molecule has 1 aromatic carbocycles. The number of tetrazole rings is 1. The molecule has 3 aromatic rings. The Morgan fingerprint density at radius 3 is 2.96 bits per heavy atom. The highest BCUT2D eigenvalue weighted by molar-refractivity contribution is 7.10. The van der Waals surface area contributed by atoms with Gasteiger partial charge in [0, 0.05) is 49.1 Å². The number of nitrogens with zero attached hydrogens (tertiary/aromatic N) is 5. The molecule has 2 aromatic heterocycles. The van der Waals surface area contributed by atoms with Gasteiger partial charge in [-0.3, -0.25) is 9.59 Å². The van der Waals surface area contributed by atoms with Gasteiger partial charge in [-0.05, 0) is 46.0 Å². The smallest absolute Gasteiger partial charge is 0.224 e. The Morgan fingerprint density at radius 1 is 1.25 bits per heavy atom. The second-order valence-electron chi connectivity index (χ2n) is 6.69. The Bertz CT molecular complexity index is 1010. The number of nitrogens with one attached hydrogen (secondary N) is 1. The molecule has 0 spiro atoms. The molecule has 1 N–H and O–H groups in total. The normalized spacial score (nSPS) is 13.2. The van der Waals surface area contributed by atoms with Crippen molar-refractivity contribution < 1.29 is 9.59 Å². The van der Waals surface area contributed by atoms with Crippen LogP contribution in [0.15, 0.2) is 35.7 Å². The summed E-state index contributed by atoms with van der Waals surface area (Å²) in [7, 11) is 1.76. The van der Waals surface area contributed by atoms with Gasteiger partial charge in [0.15, 0.2) is 5.82 Å².